The molecule has 0 saturated carbocycles. The van der Waals surface area contributed by atoms with Crippen LogP contribution in [0.15, 0.2) is 48.5 Å². The van der Waals surface area contributed by atoms with Gasteiger partial charge >= 0.3 is 0 Å². The summed E-state index contributed by atoms with van der Waals surface area (Å²) in [5.74, 6) is 0.220. The van der Waals surface area contributed by atoms with E-state index in [1.54, 1.807) is 12.1 Å². The van der Waals surface area contributed by atoms with Gasteiger partial charge in [0.1, 0.15) is 0 Å². The summed E-state index contributed by atoms with van der Waals surface area (Å²) in [5, 5.41) is 11.6. The number of nitrogens with zero attached hydrogens (tertiary/aromatic N) is 3. The monoisotopic (exact) mass is 382 g/mol. The number of aromatic nitrogens is 2. The second kappa shape index (κ2) is 8.14. The molecule has 1 heterocycles. The van der Waals surface area contributed by atoms with Gasteiger partial charge in [0.15, 0.2) is 0 Å². The zero-order valence-electron chi connectivity index (χ0n) is 14.9. The maximum Gasteiger partial charge on any atom is 0.269 e. The minimum absolute atomic E-state index is 0.109. The lowest BCUT2D eigenvalue weighted by molar-refractivity contribution is -0.384. The third kappa shape index (κ3) is 4.60. The fourth-order valence-corrected chi connectivity index (χ4v) is 3.14. The van der Waals surface area contributed by atoms with Crippen molar-refractivity contribution in [3.8, 4) is 11.3 Å². The number of nitro benzene ring substituents is 1. The first kappa shape index (κ1) is 18.8. The Bertz CT molecular complexity index is 991. The minimum atomic E-state index is -0.381. The number of non-ortho nitro benzene ring substituents is 1. The van der Waals surface area contributed by atoms with Crippen molar-refractivity contribution >= 4 is 23.2 Å². The van der Waals surface area contributed by atoms with Crippen LogP contribution in [0.1, 0.15) is 23.2 Å². The molecule has 138 valence electrons. The molecule has 0 amide bonds. The topological polar surface area (TPSA) is 94.9 Å². The second-order valence-corrected chi connectivity index (χ2v) is 6.70. The Morgan fingerprint density at radius 2 is 1.89 bits per heavy atom. The molecule has 0 bridgehead atoms. The zero-order valence-corrected chi connectivity index (χ0v) is 15.6. The van der Waals surface area contributed by atoms with Crippen molar-refractivity contribution in [2.75, 3.05) is 5.73 Å². The third-order valence-electron chi connectivity index (χ3n) is 4.36. The Kier molecular flexibility index (Phi) is 5.66. The molecule has 0 aliphatic heterocycles. The van der Waals surface area contributed by atoms with E-state index in [1.165, 1.54) is 6.07 Å². The van der Waals surface area contributed by atoms with Gasteiger partial charge in [-0.1, -0.05) is 35.9 Å². The van der Waals surface area contributed by atoms with E-state index in [9.17, 15) is 10.1 Å². The first-order chi connectivity index (χ1) is 12.9. The number of aryl methyl sites for hydroxylation is 2. The van der Waals surface area contributed by atoms with Gasteiger partial charge in [0, 0.05) is 28.4 Å². The number of nitro groups is 1. The molecule has 0 fully saturated rings. The highest BCUT2D eigenvalue weighted by Gasteiger charge is 2.10. The molecule has 0 unspecified atom stereocenters. The lowest BCUT2D eigenvalue weighted by Gasteiger charge is -2.09. The first-order valence-corrected chi connectivity index (χ1v) is 8.94. The van der Waals surface area contributed by atoms with Gasteiger partial charge in [0.25, 0.3) is 5.69 Å². The first-order valence-electron chi connectivity index (χ1n) is 8.56. The molecule has 3 aromatic rings. The number of nitrogen functional groups attached to an aromatic ring is 1. The van der Waals surface area contributed by atoms with E-state index in [0.717, 1.165) is 40.9 Å². The molecule has 6 nitrogen and oxygen atoms in total. The van der Waals surface area contributed by atoms with Crippen LogP contribution >= 0.6 is 11.6 Å². The summed E-state index contributed by atoms with van der Waals surface area (Å²) in [6, 6.07) is 14.3. The van der Waals surface area contributed by atoms with Crippen LogP contribution in [0, 0.1) is 17.0 Å². The van der Waals surface area contributed by atoms with E-state index in [4.69, 9.17) is 17.3 Å². The smallest absolute Gasteiger partial charge is 0.269 e. The molecular weight excluding hydrogens is 364 g/mol. The Morgan fingerprint density at radius 1 is 1.11 bits per heavy atom. The fraction of sp³-hybridized carbons (Fsp3) is 0.200. The fourth-order valence-electron chi connectivity index (χ4n) is 2.97. The van der Waals surface area contributed by atoms with Gasteiger partial charge in [0.05, 0.1) is 10.6 Å². The van der Waals surface area contributed by atoms with Crippen molar-refractivity contribution < 1.29 is 4.92 Å². The van der Waals surface area contributed by atoms with E-state index >= 15 is 0 Å². The molecule has 0 aliphatic carbocycles. The van der Waals surface area contributed by atoms with Crippen molar-refractivity contribution in [3.63, 3.8) is 0 Å². The quantitative estimate of drug-likeness (QED) is 0.489. The van der Waals surface area contributed by atoms with Crippen molar-refractivity contribution in [2.45, 2.75) is 26.2 Å². The lowest BCUT2D eigenvalue weighted by Crippen LogP contribution is -2.02. The SMILES string of the molecule is Cc1c(Cl)cccc1-c1cc(CCCc2cccc([N+](=O)[O-])c2)nc(N)n1. The number of halogens is 1. The summed E-state index contributed by atoms with van der Waals surface area (Å²) < 4.78 is 0. The van der Waals surface area contributed by atoms with E-state index in [1.807, 2.05) is 37.3 Å². The summed E-state index contributed by atoms with van der Waals surface area (Å²) in [4.78, 5) is 19.1. The minimum Gasteiger partial charge on any atom is -0.368 e. The largest absolute Gasteiger partial charge is 0.368 e. The molecule has 0 aliphatic rings. The Labute approximate surface area is 162 Å². The molecule has 2 aromatic carbocycles. The van der Waals surface area contributed by atoms with Crippen molar-refractivity contribution in [1.82, 2.24) is 9.97 Å². The molecule has 3 rings (SSSR count). The molecule has 27 heavy (non-hydrogen) atoms. The Morgan fingerprint density at radius 3 is 2.67 bits per heavy atom. The number of anilines is 1. The summed E-state index contributed by atoms with van der Waals surface area (Å²) in [7, 11) is 0. The summed E-state index contributed by atoms with van der Waals surface area (Å²) in [6.07, 6.45) is 2.21. The van der Waals surface area contributed by atoms with Gasteiger partial charge in [-0.2, -0.15) is 0 Å². The van der Waals surface area contributed by atoms with E-state index in [0.29, 0.717) is 11.4 Å². The van der Waals surface area contributed by atoms with Crippen LogP contribution in [0.25, 0.3) is 11.3 Å². The van der Waals surface area contributed by atoms with Crippen LogP contribution in [0.2, 0.25) is 5.02 Å². The number of hydrogen-bond acceptors (Lipinski definition) is 5. The van der Waals surface area contributed by atoms with Crippen LogP contribution in [-0.2, 0) is 12.8 Å². The van der Waals surface area contributed by atoms with Crippen molar-refractivity contribution in [1.29, 1.82) is 0 Å². The lowest BCUT2D eigenvalue weighted by atomic mass is 10.0. The molecule has 0 spiro atoms. The van der Waals surface area contributed by atoms with Crippen LogP contribution < -0.4 is 5.73 Å². The van der Waals surface area contributed by atoms with E-state index < -0.39 is 0 Å². The number of nitrogens with two attached hydrogens (primary N) is 1. The van der Waals surface area contributed by atoms with Crippen LogP contribution in [0.4, 0.5) is 11.6 Å². The second-order valence-electron chi connectivity index (χ2n) is 6.30. The van der Waals surface area contributed by atoms with Gasteiger partial charge in [0.2, 0.25) is 5.95 Å². The molecular formula is C20H19ClN4O2. The zero-order chi connectivity index (χ0) is 19.4. The highest BCUT2D eigenvalue weighted by atomic mass is 35.5. The molecule has 0 radical (unpaired) electrons. The van der Waals surface area contributed by atoms with Gasteiger partial charge in [-0.05, 0) is 49.4 Å². The summed E-state index contributed by atoms with van der Waals surface area (Å²) >= 11 is 6.21. The normalized spacial score (nSPS) is 10.7. The standard InChI is InChI=1S/C20H19ClN4O2/c1-13-17(9-4-10-18(13)21)19-12-15(23-20(22)24-19)7-2-5-14-6-3-8-16(11-14)25(26)27/h3-4,6,8-12H,2,5,7H2,1H3,(H2,22,23,24). The average Bonchev–Trinajstić information content (AvgIpc) is 2.64. The predicted octanol–water partition coefficient (Wildman–Crippen LogP) is 4.77. The van der Waals surface area contributed by atoms with Gasteiger partial charge in [-0.25, -0.2) is 9.97 Å². The third-order valence-corrected chi connectivity index (χ3v) is 4.77. The van der Waals surface area contributed by atoms with Crippen molar-refractivity contribution in [3.05, 3.63) is 80.5 Å². The maximum atomic E-state index is 10.9. The van der Waals surface area contributed by atoms with Gasteiger partial charge < -0.3 is 5.73 Å². The summed E-state index contributed by atoms with van der Waals surface area (Å²) in [6.45, 7) is 1.94. The summed E-state index contributed by atoms with van der Waals surface area (Å²) in [5.41, 5.74) is 10.4. The number of benzene rings is 2. The highest BCUT2D eigenvalue weighted by Crippen LogP contribution is 2.28. The Hall–Kier alpha value is -2.99. The maximum absolute atomic E-state index is 10.9. The molecule has 1 aromatic heterocycles. The molecule has 2 N–H and O–H groups in total. The molecule has 0 atom stereocenters. The number of hydrogen-bond donors (Lipinski definition) is 1. The number of rotatable bonds is 6. The average molecular weight is 383 g/mol. The van der Waals surface area contributed by atoms with Crippen molar-refractivity contribution in [2.24, 2.45) is 0 Å². The molecule has 7 heteroatoms. The predicted molar refractivity (Wildman–Crippen MR) is 107 cm³/mol. The molecule has 0 saturated heterocycles. The van der Waals surface area contributed by atoms with Crippen LogP contribution in [0.5, 0.6) is 0 Å². The van der Waals surface area contributed by atoms with E-state index in [-0.39, 0.29) is 16.6 Å². The van der Waals surface area contributed by atoms with Crippen LogP contribution in [0.3, 0.4) is 0 Å². The van der Waals surface area contributed by atoms with E-state index in [2.05, 4.69) is 9.97 Å². The van der Waals surface area contributed by atoms with Gasteiger partial charge in [-0.3, -0.25) is 10.1 Å². The Balaban J connectivity index is 1.74. The van der Waals surface area contributed by atoms with Gasteiger partial charge in [-0.15, -0.1) is 0 Å². The van der Waals surface area contributed by atoms with Crippen LogP contribution in [-0.4, -0.2) is 14.9 Å². The highest BCUT2D eigenvalue weighted by molar-refractivity contribution is 6.31.